The summed E-state index contributed by atoms with van der Waals surface area (Å²) in [6, 6.07) is 7.39. The van der Waals surface area contributed by atoms with Crippen molar-refractivity contribution in [3.05, 3.63) is 47.0 Å². The Morgan fingerprint density at radius 2 is 2.32 bits per heavy atom. The Morgan fingerprint density at radius 3 is 2.95 bits per heavy atom. The lowest BCUT2D eigenvalue weighted by molar-refractivity contribution is -0.130. The smallest absolute Gasteiger partial charge is 0.249 e. The van der Waals surface area contributed by atoms with Crippen LogP contribution in [0, 0.1) is 0 Å². The second-order valence-corrected chi connectivity index (χ2v) is 4.45. The highest BCUT2D eigenvalue weighted by Gasteiger charge is 2.17. The molecule has 19 heavy (non-hydrogen) atoms. The van der Waals surface area contributed by atoms with Gasteiger partial charge in [0.05, 0.1) is 0 Å². The molecule has 0 bridgehead atoms. The summed E-state index contributed by atoms with van der Waals surface area (Å²) in [6.07, 6.45) is 3.57. The first-order chi connectivity index (χ1) is 9.17. The number of carbonyl (C=O) groups is 1. The van der Waals surface area contributed by atoms with Gasteiger partial charge in [-0.05, 0) is 17.7 Å². The van der Waals surface area contributed by atoms with Crippen molar-refractivity contribution >= 4 is 17.5 Å². The summed E-state index contributed by atoms with van der Waals surface area (Å²) in [5.74, 6) is -0.149. The number of hydrogen-bond acceptors (Lipinski definition) is 3. The van der Waals surface area contributed by atoms with Gasteiger partial charge in [-0.15, -0.1) is 0 Å². The van der Waals surface area contributed by atoms with Crippen LogP contribution in [0.3, 0.4) is 0 Å². The molecular weight excluding hydrogens is 264 g/mol. The maximum Gasteiger partial charge on any atom is 0.249 e. The molecular formula is C14H19ClN2O2. The lowest BCUT2D eigenvalue weighted by Crippen LogP contribution is -2.37. The maximum absolute atomic E-state index is 11.9. The second-order valence-electron chi connectivity index (χ2n) is 4.01. The van der Waals surface area contributed by atoms with Crippen LogP contribution in [0.15, 0.2) is 36.4 Å². The highest BCUT2D eigenvalue weighted by Crippen LogP contribution is 2.13. The summed E-state index contributed by atoms with van der Waals surface area (Å²) < 4.78 is 5.21. The maximum atomic E-state index is 11.9. The Balaban J connectivity index is 2.52. The fourth-order valence-corrected chi connectivity index (χ4v) is 1.83. The lowest BCUT2D eigenvalue weighted by atomic mass is 10.1. The number of nitrogens with one attached hydrogen (secondary N) is 1. The van der Waals surface area contributed by atoms with Gasteiger partial charge in [0.15, 0.2) is 0 Å². The van der Waals surface area contributed by atoms with Crippen LogP contribution in [0.25, 0.3) is 0 Å². The molecule has 0 aliphatic carbocycles. The zero-order valence-corrected chi connectivity index (χ0v) is 11.7. The van der Waals surface area contributed by atoms with E-state index in [0.717, 1.165) is 5.56 Å². The van der Waals surface area contributed by atoms with Crippen molar-refractivity contribution < 1.29 is 9.53 Å². The van der Waals surface area contributed by atoms with Gasteiger partial charge in [0, 0.05) is 31.6 Å². The highest BCUT2D eigenvalue weighted by molar-refractivity contribution is 6.30. The molecule has 4 nitrogen and oxygen atoms in total. The van der Waals surface area contributed by atoms with Gasteiger partial charge in [-0.25, -0.2) is 0 Å². The van der Waals surface area contributed by atoms with Gasteiger partial charge in [-0.2, -0.15) is 0 Å². The van der Waals surface area contributed by atoms with Crippen LogP contribution in [-0.4, -0.2) is 32.2 Å². The third-order valence-electron chi connectivity index (χ3n) is 2.58. The van der Waals surface area contributed by atoms with Crippen molar-refractivity contribution in [1.29, 1.82) is 0 Å². The molecule has 1 atom stereocenters. The molecule has 0 fully saturated rings. The average molecular weight is 283 g/mol. The van der Waals surface area contributed by atoms with E-state index in [1.54, 1.807) is 12.1 Å². The van der Waals surface area contributed by atoms with E-state index in [9.17, 15) is 4.79 Å². The van der Waals surface area contributed by atoms with E-state index < -0.39 is 6.10 Å². The van der Waals surface area contributed by atoms with E-state index in [2.05, 4.69) is 5.32 Å². The molecule has 1 unspecified atom stereocenters. The Labute approximate surface area is 118 Å². The minimum Gasteiger partial charge on any atom is -0.371 e. The van der Waals surface area contributed by atoms with Crippen LogP contribution >= 0.6 is 11.6 Å². The van der Waals surface area contributed by atoms with Crippen molar-refractivity contribution in [3.63, 3.8) is 0 Å². The van der Waals surface area contributed by atoms with Crippen molar-refractivity contribution in [1.82, 2.24) is 5.32 Å². The molecule has 104 valence electrons. The van der Waals surface area contributed by atoms with E-state index in [4.69, 9.17) is 22.1 Å². The van der Waals surface area contributed by atoms with Crippen LogP contribution in [0.1, 0.15) is 5.56 Å². The minimum atomic E-state index is -0.523. The SMILES string of the molecule is COC(Cc1cccc(Cl)c1)C(=O)NCC=CCN. The van der Waals surface area contributed by atoms with Gasteiger partial charge in [0.2, 0.25) is 5.91 Å². The number of benzene rings is 1. The van der Waals surface area contributed by atoms with Crippen LogP contribution in [-0.2, 0) is 16.0 Å². The topological polar surface area (TPSA) is 64.3 Å². The molecule has 1 aromatic carbocycles. The summed E-state index contributed by atoms with van der Waals surface area (Å²) in [6.45, 7) is 0.914. The Hall–Kier alpha value is -1.36. The molecule has 0 aliphatic heterocycles. The number of hydrogen-bond donors (Lipinski definition) is 2. The molecule has 0 saturated heterocycles. The standard InChI is InChI=1S/C14H19ClN2O2/c1-19-13(14(18)17-8-3-2-7-16)10-11-5-4-6-12(15)9-11/h2-6,9,13H,7-8,10,16H2,1H3,(H,17,18). The molecule has 0 aromatic heterocycles. The molecule has 1 rings (SSSR count). The minimum absolute atomic E-state index is 0.149. The van der Waals surface area contributed by atoms with Crippen molar-refractivity contribution in [2.24, 2.45) is 5.73 Å². The number of methoxy groups -OCH3 is 1. The van der Waals surface area contributed by atoms with E-state index in [-0.39, 0.29) is 5.91 Å². The van der Waals surface area contributed by atoms with Crippen LogP contribution < -0.4 is 11.1 Å². The summed E-state index contributed by atoms with van der Waals surface area (Å²) in [5, 5.41) is 3.42. The number of nitrogens with two attached hydrogens (primary N) is 1. The molecule has 0 aliphatic rings. The zero-order chi connectivity index (χ0) is 14.1. The number of ether oxygens (including phenoxy) is 1. The third-order valence-corrected chi connectivity index (χ3v) is 2.82. The average Bonchev–Trinajstić information content (AvgIpc) is 2.41. The summed E-state index contributed by atoms with van der Waals surface area (Å²) in [5.41, 5.74) is 6.28. The fraction of sp³-hybridized carbons (Fsp3) is 0.357. The molecule has 0 radical (unpaired) electrons. The van der Waals surface area contributed by atoms with Gasteiger partial charge in [0.25, 0.3) is 0 Å². The summed E-state index contributed by atoms with van der Waals surface area (Å²) in [4.78, 5) is 11.9. The zero-order valence-electron chi connectivity index (χ0n) is 10.9. The lowest BCUT2D eigenvalue weighted by Gasteiger charge is -2.14. The van der Waals surface area contributed by atoms with E-state index in [0.29, 0.717) is 24.5 Å². The molecule has 0 spiro atoms. The predicted octanol–water partition coefficient (Wildman–Crippen LogP) is 1.53. The number of rotatable bonds is 7. The van der Waals surface area contributed by atoms with Gasteiger partial charge < -0.3 is 15.8 Å². The third kappa shape index (κ3) is 5.87. The fourth-order valence-electron chi connectivity index (χ4n) is 1.61. The second kappa shape index (κ2) is 8.69. The van der Waals surface area contributed by atoms with Crippen LogP contribution in [0.4, 0.5) is 0 Å². The van der Waals surface area contributed by atoms with E-state index >= 15 is 0 Å². The number of carbonyl (C=O) groups excluding carboxylic acids is 1. The van der Waals surface area contributed by atoms with Gasteiger partial charge in [-0.3, -0.25) is 4.79 Å². The molecule has 0 saturated carbocycles. The van der Waals surface area contributed by atoms with Crippen molar-refractivity contribution in [2.45, 2.75) is 12.5 Å². The number of halogens is 1. The molecule has 0 heterocycles. The van der Waals surface area contributed by atoms with E-state index in [1.165, 1.54) is 7.11 Å². The predicted molar refractivity (Wildman–Crippen MR) is 77.2 cm³/mol. The van der Waals surface area contributed by atoms with Crippen LogP contribution in [0.2, 0.25) is 5.02 Å². The molecule has 1 aromatic rings. The quantitative estimate of drug-likeness (QED) is 0.746. The molecule has 5 heteroatoms. The Kier molecular flexibility index (Phi) is 7.18. The Bertz CT molecular complexity index is 435. The van der Waals surface area contributed by atoms with E-state index in [1.807, 2.05) is 24.3 Å². The monoisotopic (exact) mass is 282 g/mol. The summed E-state index contributed by atoms with van der Waals surface area (Å²) in [7, 11) is 1.52. The van der Waals surface area contributed by atoms with Crippen molar-refractivity contribution in [2.75, 3.05) is 20.2 Å². The number of amides is 1. The summed E-state index contributed by atoms with van der Waals surface area (Å²) >= 11 is 5.91. The first-order valence-electron chi connectivity index (χ1n) is 6.07. The van der Waals surface area contributed by atoms with Crippen molar-refractivity contribution in [3.8, 4) is 0 Å². The normalized spacial score (nSPS) is 12.6. The highest BCUT2D eigenvalue weighted by atomic mass is 35.5. The van der Waals surface area contributed by atoms with Gasteiger partial charge in [0.1, 0.15) is 6.10 Å². The van der Waals surface area contributed by atoms with Gasteiger partial charge >= 0.3 is 0 Å². The largest absolute Gasteiger partial charge is 0.371 e. The molecule has 1 amide bonds. The van der Waals surface area contributed by atoms with Gasteiger partial charge in [-0.1, -0.05) is 35.9 Å². The first kappa shape index (κ1) is 15.7. The Morgan fingerprint density at radius 1 is 1.53 bits per heavy atom. The van der Waals surface area contributed by atoms with Crippen LogP contribution in [0.5, 0.6) is 0 Å². The molecule has 3 N–H and O–H groups in total. The first-order valence-corrected chi connectivity index (χ1v) is 6.45.